The topological polar surface area (TPSA) is 43.6 Å². The van der Waals surface area contributed by atoms with Gasteiger partial charge in [-0.25, -0.2) is 15.0 Å². The first-order chi connectivity index (χ1) is 30.2. The standard InChI is InChI=1S/C57H36N4/c1-3-16-38(17-4-1)46-24-13-14-26-48(46)50-36-45(61-52-32-29-39-18-11-12-25-47(39)54(52)51-34-42-22-9-10-23-43(42)35-53(51)61)30-31-49(50)57-59-55(40-19-5-2-6-20-40)58-56(60-57)44-28-27-37-15-7-8-21-41(37)33-44/h1-36H. The van der Waals surface area contributed by atoms with E-state index in [0.717, 1.165) is 61.1 Å². The van der Waals surface area contributed by atoms with E-state index >= 15 is 0 Å². The normalized spacial score (nSPS) is 11.6. The molecule has 10 aromatic carbocycles. The van der Waals surface area contributed by atoms with Crippen LogP contribution in [0.3, 0.4) is 0 Å². The van der Waals surface area contributed by atoms with Crippen LogP contribution < -0.4 is 0 Å². The molecule has 0 radical (unpaired) electrons. The highest BCUT2D eigenvalue weighted by molar-refractivity contribution is 6.23. The molecule has 4 heteroatoms. The summed E-state index contributed by atoms with van der Waals surface area (Å²) in [7, 11) is 0. The van der Waals surface area contributed by atoms with E-state index in [4.69, 9.17) is 15.0 Å². The zero-order valence-electron chi connectivity index (χ0n) is 33.1. The molecule has 0 atom stereocenters. The summed E-state index contributed by atoms with van der Waals surface area (Å²) in [5, 5.41) is 9.68. The molecule has 0 fully saturated rings. The molecule has 0 N–H and O–H groups in total. The minimum Gasteiger partial charge on any atom is -0.309 e. The number of aromatic nitrogens is 4. The van der Waals surface area contributed by atoms with Gasteiger partial charge in [0.05, 0.1) is 11.0 Å². The van der Waals surface area contributed by atoms with E-state index in [-0.39, 0.29) is 0 Å². The van der Waals surface area contributed by atoms with Crippen molar-refractivity contribution in [2.24, 2.45) is 0 Å². The summed E-state index contributed by atoms with van der Waals surface area (Å²) in [4.78, 5) is 15.7. The molecule has 0 bridgehead atoms. The molecule has 0 aliphatic rings. The third-order valence-corrected chi connectivity index (χ3v) is 12.0. The second kappa shape index (κ2) is 14.3. The van der Waals surface area contributed by atoms with Gasteiger partial charge in [0, 0.05) is 33.2 Å². The van der Waals surface area contributed by atoms with Crippen LogP contribution in [0.4, 0.5) is 0 Å². The van der Waals surface area contributed by atoms with Crippen molar-refractivity contribution in [1.82, 2.24) is 19.5 Å². The predicted octanol–water partition coefficient (Wildman–Crippen LogP) is 14.8. The van der Waals surface area contributed by atoms with Crippen LogP contribution in [0.25, 0.3) is 116 Å². The SMILES string of the molecule is c1ccc(-c2nc(-c3ccc4ccccc4c3)nc(-c3ccc(-n4c5cc6ccccc6cc5c5c6ccccc6ccc54)cc3-c3ccccc3-c3ccccc3)n2)cc1. The van der Waals surface area contributed by atoms with Gasteiger partial charge in [-0.2, -0.15) is 0 Å². The van der Waals surface area contributed by atoms with Crippen LogP contribution in [-0.4, -0.2) is 19.5 Å². The molecule has 0 saturated carbocycles. The Kier molecular flexibility index (Phi) is 8.13. The van der Waals surface area contributed by atoms with Crippen LogP contribution in [0.2, 0.25) is 0 Å². The molecule has 2 aromatic heterocycles. The number of fused-ring (bicyclic) bond motifs is 7. The zero-order valence-corrected chi connectivity index (χ0v) is 33.1. The van der Waals surface area contributed by atoms with Crippen molar-refractivity contribution in [3.8, 4) is 62.1 Å². The average molecular weight is 777 g/mol. The second-order valence-corrected chi connectivity index (χ2v) is 15.6. The lowest BCUT2D eigenvalue weighted by Crippen LogP contribution is -2.02. The first-order valence-corrected chi connectivity index (χ1v) is 20.7. The van der Waals surface area contributed by atoms with Gasteiger partial charge in [0.2, 0.25) is 0 Å². The monoisotopic (exact) mass is 776 g/mol. The van der Waals surface area contributed by atoms with Gasteiger partial charge in [-0.15, -0.1) is 0 Å². The number of benzene rings is 10. The molecule has 12 rings (SSSR count). The Hall–Kier alpha value is -8.21. The van der Waals surface area contributed by atoms with E-state index in [1.54, 1.807) is 0 Å². The maximum absolute atomic E-state index is 5.33. The number of nitrogens with zero attached hydrogens (tertiary/aromatic N) is 4. The summed E-state index contributed by atoms with van der Waals surface area (Å²) < 4.78 is 2.44. The summed E-state index contributed by atoms with van der Waals surface area (Å²) >= 11 is 0. The van der Waals surface area contributed by atoms with Crippen LogP contribution in [0.5, 0.6) is 0 Å². The first kappa shape index (κ1) is 34.8. The molecular weight excluding hydrogens is 741 g/mol. The molecule has 4 nitrogen and oxygen atoms in total. The van der Waals surface area contributed by atoms with Crippen molar-refractivity contribution in [2.45, 2.75) is 0 Å². The number of hydrogen-bond acceptors (Lipinski definition) is 3. The van der Waals surface area contributed by atoms with Gasteiger partial charge in [-0.1, -0.05) is 176 Å². The molecule has 0 spiro atoms. The summed E-state index contributed by atoms with van der Waals surface area (Å²) in [5.74, 6) is 1.86. The number of hydrogen-bond donors (Lipinski definition) is 0. The van der Waals surface area contributed by atoms with Crippen molar-refractivity contribution in [3.05, 3.63) is 218 Å². The first-order valence-electron chi connectivity index (χ1n) is 20.7. The van der Waals surface area contributed by atoms with E-state index in [1.807, 2.05) is 18.2 Å². The quantitative estimate of drug-likeness (QED) is 0.169. The van der Waals surface area contributed by atoms with Gasteiger partial charge in [0.25, 0.3) is 0 Å². The Morgan fingerprint density at radius 2 is 0.852 bits per heavy atom. The summed E-state index contributed by atoms with van der Waals surface area (Å²) in [6.07, 6.45) is 0. The molecule has 0 amide bonds. The van der Waals surface area contributed by atoms with Crippen LogP contribution in [0.1, 0.15) is 0 Å². The highest BCUT2D eigenvalue weighted by Crippen LogP contribution is 2.43. The third-order valence-electron chi connectivity index (χ3n) is 12.0. The van der Waals surface area contributed by atoms with Crippen LogP contribution >= 0.6 is 0 Å². The van der Waals surface area contributed by atoms with Crippen molar-refractivity contribution in [1.29, 1.82) is 0 Å². The van der Waals surface area contributed by atoms with Crippen molar-refractivity contribution >= 4 is 54.1 Å². The Labute approximate surface area is 352 Å². The summed E-state index contributed by atoms with van der Waals surface area (Å²) in [6, 6.07) is 77.7. The molecule has 0 saturated heterocycles. The van der Waals surface area contributed by atoms with Crippen molar-refractivity contribution in [3.63, 3.8) is 0 Å². The highest BCUT2D eigenvalue weighted by atomic mass is 15.0. The Morgan fingerprint density at radius 3 is 1.62 bits per heavy atom. The lowest BCUT2D eigenvalue weighted by atomic mass is 9.91. The second-order valence-electron chi connectivity index (χ2n) is 15.6. The average Bonchev–Trinajstić information content (AvgIpc) is 3.66. The van der Waals surface area contributed by atoms with Gasteiger partial charge in [-0.3, -0.25) is 0 Å². The minimum atomic E-state index is 0.612. The molecule has 12 aromatic rings. The highest BCUT2D eigenvalue weighted by Gasteiger charge is 2.21. The minimum absolute atomic E-state index is 0.612. The largest absolute Gasteiger partial charge is 0.309 e. The van der Waals surface area contributed by atoms with E-state index in [2.05, 4.69) is 205 Å². The van der Waals surface area contributed by atoms with Gasteiger partial charge in [0.15, 0.2) is 17.5 Å². The number of rotatable bonds is 6. The van der Waals surface area contributed by atoms with Crippen LogP contribution in [0.15, 0.2) is 218 Å². The molecular formula is C57H36N4. The molecule has 0 unspecified atom stereocenters. The van der Waals surface area contributed by atoms with Gasteiger partial charge in [0.1, 0.15) is 0 Å². The molecule has 0 aliphatic carbocycles. The Balaban J connectivity index is 1.16. The maximum atomic E-state index is 5.33. The fraction of sp³-hybridized carbons (Fsp3) is 0. The third kappa shape index (κ3) is 5.96. The van der Waals surface area contributed by atoms with E-state index < -0.39 is 0 Å². The lowest BCUT2D eigenvalue weighted by molar-refractivity contribution is 1.07. The van der Waals surface area contributed by atoms with Gasteiger partial charge >= 0.3 is 0 Å². The van der Waals surface area contributed by atoms with Gasteiger partial charge in [-0.05, 0) is 97.0 Å². The van der Waals surface area contributed by atoms with Gasteiger partial charge < -0.3 is 4.57 Å². The summed E-state index contributed by atoms with van der Waals surface area (Å²) in [6.45, 7) is 0. The van der Waals surface area contributed by atoms with E-state index in [1.165, 1.54) is 37.7 Å². The van der Waals surface area contributed by atoms with Crippen molar-refractivity contribution in [2.75, 3.05) is 0 Å². The maximum Gasteiger partial charge on any atom is 0.164 e. The van der Waals surface area contributed by atoms with Crippen LogP contribution in [0, 0.1) is 0 Å². The molecule has 284 valence electrons. The Bertz CT molecular complexity index is 3650. The fourth-order valence-electron chi connectivity index (χ4n) is 9.10. The van der Waals surface area contributed by atoms with E-state index in [0.29, 0.717) is 17.5 Å². The predicted molar refractivity (Wildman–Crippen MR) is 254 cm³/mol. The lowest BCUT2D eigenvalue weighted by Gasteiger charge is -2.18. The van der Waals surface area contributed by atoms with Crippen LogP contribution in [-0.2, 0) is 0 Å². The molecule has 2 heterocycles. The summed E-state index contributed by atoms with van der Waals surface area (Å²) in [5.41, 5.74) is 10.6. The Morgan fingerprint density at radius 1 is 0.279 bits per heavy atom. The molecule has 0 aliphatic heterocycles. The fourth-order valence-corrected chi connectivity index (χ4v) is 9.10. The molecule has 61 heavy (non-hydrogen) atoms. The zero-order chi connectivity index (χ0) is 40.3. The smallest absolute Gasteiger partial charge is 0.164 e. The van der Waals surface area contributed by atoms with Crippen molar-refractivity contribution < 1.29 is 0 Å². The van der Waals surface area contributed by atoms with E-state index in [9.17, 15) is 0 Å².